The van der Waals surface area contributed by atoms with Crippen molar-refractivity contribution in [1.29, 1.82) is 5.26 Å². The average Bonchev–Trinajstić information content (AvgIpc) is 2.31. The Morgan fingerprint density at radius 2 is 2.31 bits per heavy atom. The molecular formula is C12H16ClN3. The normalized spacial score (nSPS) is 9.88. The number of hydrogen-bond donors (Lipinski definition) is 0. The molecule has 0 aliphatic heterocycles. The number of aryl methyl sites for hydroxylation is 1. The first-order valence-corrected chi connectivity index (χ1v) is 5.89. The van der Waals surface area contributed by atoms with Crippen LogP contribution in [-0.2, 0) is 5.88 Å². The lowest BCUT2D eigenvalue weighted by Crippen LogP contribution is -2.25. The van der Waals surface area contributed by atoms with Crippen molar-refractivity contribution in [3.05, 3.63) is 23.4 Å². The lowest BCUT2D eigenvalue weighted by Gasteiger charge is -2.22. The third-order valence-electron chi connectivity index (χ3n) is 2.44. The van der Waals surface area contributed by atoms with E-state index in [4.69, 9.17) is 16.9 Å². The van der Waals surface area contributed by atoms with Crippen LogP contribution in [0.25, 0.3) is 0 Å². The number of nitriles is 1. The summed E-state index contributed by atoms with van der Waals surface area (Å²) >= 11 is 5.75. The number of pyridine rings is 1. The van der Waals surface area contributed by atoms with Crippen molar-refractivity contribution in [2.45, 2.75) is 26.1 Å². The summed E-state index contributed by atoms with van der Waals surface area (Å²) in [5.74, 6) is 1.44. The van der Waals surface area contributed by atoms with E-state index in [9.17, 15) is 0 Å². The van der Waals surface area contributed by atoms with Crippen LogP contribution in [0.2, 0.25) is 0 Å². The molecule has 0 bridgehead atoms. The Morgan fingerprint density at radius 1 is 1.56 bits per heavy atom. The molecule has 0 fully saturated rings. The fourth-order valence-electron chi connectivity index (χ4n) is 1.63. The molecule has 0 N–H and O–H groups in total. The summed E-state index contributed by atoms with van der Waals surface area (Å²) in [5, 5.41) is 8.59. The van der Waals surface area contributed by atoms with Crippen LogP contribution in [0.4, 0.5) is 5.82 Å². The topological polar surface area (TPSA) is 39.9 Å². The number of nitrogens with zero attached hydrogens (tertiary/aromatic N) is 3. The Labute approximate surface area is 102 Å². The van der Waals surface area contributed by atoms with Crippen LogP contribution < -0.4 is 4.90 Å². The summed E-state index contributed by atoms with van der Waals surface area (Å²) < 4.78 is 0. The predicted molar refractivity (Wildman–Crippen MR) is 66.6 cm³/mol. The number of rotatable bonds is 5. The van der Waals surface area contributed by atoms with Gasteiger partial charge in [0.25, 0.3) is 0 Å². The van der Waals surface area contributed by atoms with Crippen molar-refractivity contribution in [2.75, 3.05) is 18.0 Å². The van der Waals surface area contributed by atoms with Gasteiger partial charge in [-0.25, -0.2) is 4.98 Å². The number of hydrogen-bond acceptors (Lipinski definition) is 3. The summed E-state index contributed by atoms with van der Waals surface area (Å²) in [7, 11) is 0. The molecule has 0 aliphatic rings. The maximum Gasteiger partial charge on any atom is 0.131 e. The maximum atomic E-state index is 8.59. The van der Waals surface area contributed by atoms with Gasteiger partial charge in [-0.3, -0.25) is 0 Å². The fourth-order valence-corrected chi connectivity index (χ4v) is 1.77. The van der Waals surface area contributed by atoms with Crippen molar-refractivity contribution < 1.29 is 0 Å². The zero-order valence-corrected chi connectivity index (χ0v) is 10.5. The second kappa shape index (κ2) is 6.34. The molecule has 4 heteroatoms. The van der Waals surface area contributed by atoms with Gasteiger partial charge in [0.15, 0.2) is 0 Å². The van der Waals surface area contributed by atoms with E-state index in [-0.39, 0.29) is 0 Å². The fraction of sp³-hybridized carbons (Fsp3) is 0.500. The van der Waals surface area contributed by atoms with Gasteiger partial charge in [-0.15, -0.1) is 11.6 Å². The molecule has 0 aliphatic carbocycles. The molecule has 86 valence electrons. The molecule has 1 rings (SSSR count). The lowest BCUT2D eigenvalue weighted by atomic mass is 10.2. The molecule has 0 saturated carbocycles. The first-order chi connectivity index (χ1) is 7.72. The number of halogens is 1. The Balaban J connectivity index is 2.88. The van der Waals surface area contributed by atoms with Crippen LogP contribution in [-0.4, -0.2) is 18.1 Å². The average molecular weight is 238 g/mol. The minimum atomic E-state index is 0.485. The minimum Gasteiger partial charge on any atom is -0.356 e. The molecule has 0 spiro atoms. The summed E-state index contributed by atoms with van der Waals surface area (Å²) in [4.78, 5) is 6.51. The smallest absolute Gasteiger partial charge is 0.131 e. The van der Waals surface area contributed by atoms with Crippen LogP contribution in [0.1, 0.15) is 24.5 Å². The third kappa shape index (κ3) is 3.11. The highest BCUT2D eigenvalue weighted by Crippen LogP contribution is 2.18. The van der Waals surface area contributed by atoms with E-state index in [1.165, 1.54) is 0 Å². The Kier molecular flexibility index (Phi) is 5.07. The standard InChI is InChI=1S/C12H16ClN3/c1-3-16(6-4-5-14)12-10(2)7-11(8-13)9-15-12/h7,9H,3-4,6,8H2,1-2H3. The molecule has 1 aromatic rings. The molecule has 0 saturated heterocycles. The minimum absolute atomic E-state index is 0.485. The van der Waals surface area contributed by atoms with Gasteiger partial charge in [0.2, 0.25) is 0 Å². The van der Waals surface area contributed by atoms with Crippen LogP contribution in [0.3, 0.4) is 0 Å². The van der Waals surface area contributed by atoms with Crippen molar-refractivity contribution in [3.8, 4) is 6.07 Å². The molecule has 1 aromatic heterocycles. The first kappa shape index (κ1) is 12.8. The molecular weight excluding hydrogens is 222 g/mol. The Bertz CT molecular complexity index is 384. The van der Waals surface area contributed by atoms with Crippen molar-refractivity contribution >= 4 is 17.4 Å². The Hall–Kier alpha value is -1.27. The predicted octanol–water partition coefficient (Wildman–Crippen LogP) is 2.87. The molecule has 0 aromatic carbocycles. The SMILES string of the molecule is CCN(CCC#N)c1ncc(CCl)cc1C. The largest absolute Gasteiger partial charge is 0.356 e. The van der Waals surface area contributed by atoms with E-state index in [2.05, 4.69) is 22.9 Å². The molecule has 0 unspecified atom stereocenters. The summed E-state index contributed by atoms with van der Waals surface area (Å²) in [6, 6.07) is 4.20. The van der Waals surface area contributed by atoms with Gasteiger partial charge in [-0.05, 0) is 31.0 Å². The maximum absolute atomic E-state index is 8.59. The van der Waals surface area contributed by atoms with Crippen LogP contribution >= 0.6 is 11.6 Å². The number of aromatic nitrogens is 1. The second-order valence-corrected chi connectivity index (χ2v) is 3.87. The summed E-state index contributed by atoms with van der Waals surface area (Å²) in [5.41, 5.74) is 2.14. The molecule has 0 radical (unpaired) electrons. The van der Waals surface area contributed by atoms with Crippen LogP contribution in [0.5, 0.6) is 0 Å². The van der Waals surface area contributed by atoms with Crippen molar-refractivity contribution in [1.82, 2.24) is 4.98 Å². The zero-order chi connectivity index (χ0) is 12.0. The monoisotopic (exact) mass is 237 g/mol. The first-order valence-electron chi connectivity index (χ1n) is 5.36. The van der Waals surface area contributed by atoms with Gasteiger partial charge in [0.1, 0.15) is 5.82 Å². The van der Waals surface area contributed by atoms with Gasteiger partial charge in [0, 0.05) is 25.2 Å². The zero-order valence-electron chi connectivity index (χ0n) is 9.70. The van der Waals surface area contributed by atoms with E-state index in [1.54, 1.807) is 6.20 Å². The van der Waals surface area contributed by atoms with Crippen LogP contribution in [0, 0.1) is 18.3 Å². The number of alkyl halides is 1. The lowest BCUT2D eigenvalue weighted by molar-refractivity contribution is 0.805. The Morgan fingerprint density at radius 3 is 2.81 bits per heavy atom. The highest BCUT2D eigenvalue weighted by Gasteiger charge is 2.08. The van der Waals surface area contributed by atoms with E-state index in [0.717, 1.165) is 30.0 Å². The van der Waals surface area contributed by atoms with Crippen LogP contribution in [0.15, 0.2) is 12.3 Å². The molecule has 0 amide bonds. The molecule has 3 nitrogen and oxygen atoms in total. The van der Waals surface area contributed by atoms with Gasteiger partial charge in [0.05, 0.1) is 12.5 Å². The second-order valence-electron chi connectivity index (χ2n) is 3.61. The molecule has 16 heavy (non-hydrogen) atoms. The van der Waals surface area contributed by atoms with E-state index < -0.39 is 0 Å². The summed E-state index contributed by atoms with van der Waals surface area (Å²) in [6.45, 7) is 5.66. The van der Waals surface area contributed by atoms with Crippen molar-refractivity contribution in [2.24, 2.45) is 0 Å². The van der Waals surface area contributed by atoms with Crippen molar-refractivity contribution in [3.63, 3.8) is 0 Å². The van der Waals surface area contributed by atoms with E-state index in [1.807, 2.05) is 13.0 Å². The molecule has 0 atom stereocenters. The van der Waals surface area contributed by atoms with Gasteiger partial charge in [-0.2, -0.15) is 5.26 Å². The van der Waals surface area contributed by atoms with Gasteiger partial charge >= 0.3 is 0 Å². The summed E-state index contributed by atoms with van der Waals surface area (Å²) in [6.07, 6.45) is 2.32. The van der Waals surface area contributed by atoms with Gasteiger partial charge in [-0.1, -0.05) is 0 Å². The van der Waals surface area contributed by atoms with E-state index >= 15 is 0 Å². The highest BCUT2D eigenvalue weighted by molar-refractivity contribution is 6.17. The quantitative estimate of drug-likeness (QED) is 0.740. The third-order valence-corrected chi connectivity index (χ3v) is 2.74. The molecule has 1 heterocycles. The highest BCUT2D eigenvalue weighted by atomic mass is 35.5. The van der Waals surface area contributed by atoms with Gasteiger partial charge < -0.3 is 4.90 Å². The number of anilines is 1. The van der Waals surface area contributed by atoms with E-state index in [0.29, 0.717) is 12.3 Å².